The molecule has 3 fully saturated rings. The van der Waals surface area contributed by atoms with E-state index in [1.54, 1.807) is 11.9 Å². The van der Waals surface area contributed by atoms with E-state index in [1.807, 2.05) is 5.57 Å². The maximum atomic E-state index is 4.93. The molecule has 4 aliphatic carbocycles. The van der Waals surface area contributed by atoms with E-state index in [1.165, 1.54) is 68.4 Å². The molecule has 0 bridgehead atoms. The number of hydrogen-bond acceptors (Lipinski definition) is 3. The van der Waals surface area contributed by atoms with Crippen molar-refractivity contribution in [3.63, 3.8) is 0 Å². The normalized spacial score (nSPS) is 39.6. The zero-order chi connectivity index (χ0) is 19.2. The molecule has 0 amide bonds. The van der Waals surface area contributed by atoms with Gasteiger partial charge in [0.05, 0.1) is 0 Å². The first-order valence-corrected chi connectivity index (χ1v) is 12.2. The first kappa shape index (κ1) is 21.0. The van der Waals surface area contributed by atoms with E-state index in [-0.39, 0.29) is 7.43 Å². The molecule has 5 rings (SSSR count). The highest BCUT2D eigenvalue weighted by molar-refractivity contribution is 7.97. The van der Waals surface area contributed by atoms with Crippen LogP contribution in [0.25, 0.3) is 0 Å². The Balaban J connectivity index is 0.00000205. The van der Waals surface area contributed by atoms with Gasteiger partial charge in [0.25, 0.3) is 0 Å². The molecular formula is C26H38N2S. The van der Waals surface area contributed by atoms with Gasteiger partial charge in [-0.25, -0.2) is 4.83 Å². The van der Waals surface area contributed by atoms with Crippen LogP contribution in [0.3, 0.4) is 0 Å². The molecule has 0 spiro atoms. The predicted octanol–water partition coefficient (Wildman–Crippen LogP) is 7.63. The number of allylic oxidation sites excluding steroid dienone is 2. The maximum absolute atomic E-state index is 4.93. The Kier molecular flexibility index (Phi) is 5.90. The Labute approximate surface area is 182 Å². The zero-order valence-electron chi connectivity index (χ0n) is 17.4. The van der Waals surface area contributed by atoms with Gasteiger partial charge in [-0.3, -0.25) is 0 Å². The van der Waals surface area contributed by atoms with E-state index < -0.39 is 0 Å². The lowest BCUT2D eigenvalue weighted by molar-refractivity contribution is -0.00622. The lowest BCUT2D eigenvalue weighted by Crippen LogP contribution is -2.49. The van der Waals surface area contributed by atoms with Gasteiger partial charge in [0.1, 0.15) is 0 Å². The summed E-state index contributed by atoms with van der Waals surface area (Å²) in [5, 5.41) is 4.93. The van der Waals surface area contributed by atoms with Crippen LogP contribution in [0.1, 0.15) is 79.1 Å². The number of fused-ring (bicyclic) bond motifs is 5. The molecule has 3 heteroatoms. The monoisotopic (exact) mass is 410 g/mol. The Morgan fingerprint density at radius 2 is 1.76 bits per heavy atom. The fourth-order valence-electron chi connectivity index (χ4n) is 7.29. The number of rotatable bonds is 3. The van der Waals surface area contributed by atoms with Crippen molar-refractivity contribution >= 4 is 17.7 Å². The summed E-state index contributed by atoms with van der Waals surface area (Å²) in [4.78, 5) is 4.55. The first-order chi connectivity index (χ1) is 13.6. The smallest absolute Gasteiger partial charge is 0.0450 e. The van der Waals surface area contributed by atoms with Crippen LogP contribution in [0.2, 0.25) is 0 Å². The Bertz CT molecular complexity index is 785. The molecule has 5 atom stereocenters. The third-order valence-electron chi connectivity index (χ3n) is 8.85. The first-order valence-electron chi connectivity index (χ1n) is 11.3. The van der Waals surface area contributed by atoms with Gasteiger partial charge in [-0.15, -0.1) is 0 Å². The van der Waals surface area contributed by atoms with Crippen molar-refractivity contribution in [2.75, 3.05) is 0 Å². The van der Waals surface area contributed by atoms with Crippen molar-refractivity contribution < 1.29 is 0 Å². The van der Waals surface area contributed by atoms with Crippen LogP contribution in [0.15, 0.2) is 52.0 Å². The van der Waals surface area contributed by atoms with Crippen LogP contribution in [-0.4, -0.2) is 5.71 Å². The predicted molar refractivity (Wildman–Crippen MR) is 126 cm³/mol. The number of nitrogens with zero attached hydrogens (tertiary/aromatic N) is 1. The average Bonchev–Trinajstić information content (AvgIpc) is 3.05. The lowest BCUT2D eigenvalue weighted by Gasteiger charge is -2.56. The van der Waals surface area contributed by atoms with Crippen molar-refractivity contribution in [1.82, 2.24) is 4.83 Å². The molecule has 5 unspecified atom stereocenters. The van der Waals surface area contributed by atoms with Gasteiger partial charge in [0, 0.05) is 28.0 Å². The maximum Gasteiger partial charge on any atom is 0.0450 e. The van der Waals surface area contributed by atoms with E-state index in [9.17, 15) is 0 Å². The summed E-state index contributed by atoms with van der Waals surface area (Å²) in [6.07, 6.45) is 14.9. The highest BCUT2D eigenvalue weighted by Crippen LogP contribution is 2.64. The molecule has 29 heavy (non-hydrogen) atoms. The number of benzene rings is 1. The van der Waals surface area contributed by atoms with Crippen molar-refractivity contribution in [3.8, 4) is 0 Å². The van der Waals surface area contributed by atoms with Gasteiger partial charge >= 0.3 is 0 Å². The van der Waals surface area contributed by atoms with E-state index in [0.29, 0.717) is 10.8 Å². The van der Waals surface area contributed by atoms with Crippen LogP contribution in [-0.2, 0) is 0 Å². The molecule has 1 N–H and O–H groups in total. The second-order valence-electron chi connectivity index (χ2n) is 10.0. The van der Waals surface area contributed by atoms with Crippen molar-refractivity contribution in [2.24, 2.45) is 33.7 Å². The Hall–Kier alpha value is -1.22. The van der Waals surface area contributed by atoms with E-state index in [2.05, 4.69) is 55.1 Å². The molecule has 3 saturated carbocycles. The minimum Gasteiger partial charge on any atom is -0.247 e. The molecule has 0 aromatic heterocycles. The van der Waals surface area contributed by atoms with Crippen molar-refractivity contribution in [2.45, 2.75) is 84.0 Å². The van der Waals surface area contributed by atoms with Crippen LogP contribution >= 0.6 is 11.9 Å². The van der Waals surface area contributed by atoms with Gasteiger partial charge in [-0.2, -0.15) is 5.10 Å². The largest absolute Gasteiger partial charge is 0.247 e. The van der Waals surface area contributed by atoms with Gasteiger partial charge < -0.3 is 0 Å². The quantitative estimate of drug-likeness (QED) is 0.315. The molecule has 0 heterocycles. The fraction of sp³-hybridized carbons (Fsp3) is 0.654. The second-order valence-corrected chi connectivity index (χ2v) is 10.9. The van der Waals surface area contributed by atoms with Gasteiger partial charge in [-0.1, -0.05) is 57.5 Å². The highest BCUT2D eigenvalue weighted by atomic mass is 32.2. The number of hydrazone groups is 1. The van der Waals surface area contributed by atoms with E-state index in [4.69, 9.17) is 5.10 Å². The summed E-state index contributed by atoms with van der Waals surface area (Å²) in [5.41, 5.74) is 4.06. The SMILES string of the molecule is C.CC12CCCCC1=CCC1C2CCC2(C)/C(=N/NSc3ccccc3)CCC12. The van der Waals surface area contributed by atoms with Crippen molar-refractivity contribution in [1.29, 1.82) is 0 Å². The molecule has 4 aliphatic rings. The molecule has 0 radical (unpaired) electrons. The van der Waals surface area contributed by atoms with Crippen molar-refractivity contribution in [3.05, 3.63) is 42.0 Å². The summed E-state index contributed by atoms with van der Waals surface area (Å²) >= 11 is 1.64. The average molecular weight is 411 g/mol. The molecule has 158 valence electrons. The van der Waals surface area contributed by atoms with E-state index in [0.717, 1.165) is 17.8 Å². The summed E-state index contributed by atoms with van der Waals surface area (Å²) < 4.78 is 0. The molecule has 1 aromatic carbocycles. The topological polar surface area (TPSA) is 24.4 Å². The van der Waals surface area contributed by atoms with Gasteiger partial charge in [0.15, 0.2) is 0 Å². The number of nitrogens with one attached hydrogen (secondary N) is 1. The zero-order valence-corrected chi connectivity index (χ0v) is 18.2. The molecule has 2 nitrogen and oxygen atoms in total. The number of hydrogen-bond donors (Lipinski definition) is 1. The molecular weight excluding hydrogens is 372 g/mol. The van der Waals surface area contributed by atoms with Crippen LogP contribution in [0.5, 0.6) is 0 Å². The second kappa shape index (κ2) is 8.13. The van der Waals surface area contributed by atoms with Gasteiger partial charge in [0.2, 0.25) is 0 Å². The third-order valence-corrected chi connectivity index (χ3v) is 9.54. The Morgan fingerprint density at radius 3 is 2.59 bits per heavy atom. The summed E-state index contributed by atoms with van der Waals surface area (Å²) in [6.45, 7) is 5.14. The summed E-state index contributed by atoms with van der Waals surface area (Å²) in [6, 6.07) is 10.5. The van der Waals surface area contributed by atoms with Gasteiger partial charge in [-0.05, 0) is 86.7 Å². The summed E-state index contributed by atoms with van der Waals surface area (Å²) in [7, 11) is 0. The minimum atomic E-state index is 0. The molecule has 1 aromatic rings. The highest BCUT2D eigenvalue weighted by Gasteiger charge is 2.57. The fourth-order valence-corrected chi connectivity index (χ4v) is 7.84. The minimum absolute atomic E-state index is 0. The summed E-state index contributed by atoms with van der Waals surface area (Å²) in [5.74, 6) is 2.61. The van der Waals surface area contributed by atoms with Crippen LogP contribution < -0.4 is 4.83 Å². The standard InChI is InChI=1S/C25H34N2S.CH4/c1-24-16-7-6-8-18(24)11-12-20-21-13-14-23(25(21,2)17-15-22(20)24)26-27-28-19-9-4-3-5-10-19;/h3-5,9-11,20-22,27H,6-8,12-17H2,1-2H3;1H4/b26-23+;. The van der Waals surface area contributed by atoms with Crippen LogP contribution in [0.4, 0.5) is 0 Å². The molecule has 0 saturated heterocycles. The lowest BCUT2D eigenvalue weighted by atomic mass is 9.48. The third kappa shape index (κ3) is 3.48. The van der Waals surface area contributed by atoms with E-state index >= 15 is 0 Å². The van der Waals surface area contributed by atoms with Crippen LogP contribution in [0, 0.1) is 28.6 Å². The Morgan fingerprint density at radius 1 is 0.966 bits per heavy atom. The molecule has 0 aliphatic heterocycles.